The Morgan fingerprint density at radius 3 is 2.00 bits per heavy atom. The van der Waals surface area contributed by atoms with E-state index in [1.807, 2.05) is 0 Å². The van der Waals surface area contributed by atoms with Crippen molar-refractivity contribution in [2.45, 2.75) is 25.7 Å². The first-order valence-corrected chi connectivity index (χ1v) is 10.2. The van der Waals surface area contributed by atoms with E-state index >= 15 is 0 Å². The molecule has 2 aliphatic heterocycles. The summed E-state index contributed by atoms with van der Waals surface area (Å²) in [5.41, 5.74) is 1.12. The number of hydrogen-bond donors (Lipinski definition) is 0. The van der Waals surface area contributed by atoms with Gasteiger partial charge in [-0.3, -0.25) is 14.5 Å². The normalized spacial score (nSPS) is 23.7. The number of rotatable bonds is 4. The van der Waals surface area contributed by atoms with Crippen LogP contribution < -0.4 is 9.80 Å². The molecule has 9 nitrogen and oxygen atoms in total. The van der Waals surface area contributed by atoms with E-state index in [-0.39, 0.29) is 48.3 Å². The average molecular weight is 428 g/mol. The summed E-state index contributed by atoms with van der Waals surface area (Å²) in [6.45, 7) is -0.0543. The smallest absolute Gasteiger partial charge is 0.355 e. The van der Waals surface area contributed by atoms with Crippen LogP contribution >= 0.6 is 0 Å². The molecule has 31 heavy (non-hydrogen) atoms. The number of amides is 2. The van der Waals surface area contributed by atoms with Crippen LogP contribution in [-0.2, 0) is 33.4 Å². The number of nitrogens with zero attached hydrogens (tertiary/aromatic N) is 2. The summed E-state index contributed by atoms with van der Waals surface area (Å²) in [5, 5.41) is 0. The molecule has 1 aromatic carbocycles. The van der Waals surface area contributed by atoms with Crippen molar-refractivity contribution < 1.29 is 33.4 Å². The summed E-state index contributed by atoms with van der Waals surface area (Å²) in [4.78, 5) is 52.9. The fraction of sp³-hybridized carbons (Fsp3) is 0.455. The monoisotopic (exact) mass is 428 g/mol. The third kappa shape index (κ3) is 3.59. The van der Waals surface area contributed by atoms with Crippen LogP contribution in [0.5, 0.6) is 0 Å². The molecule has 1 saturated carbocycles. The molecule has 0 N–H and O–H groups in total. The highest BCUT2D eigenvalue weighted by Gasteiger charge is 2.48. The maximum atomic E-state index is 12.8. The lowest BCUT2D eigenvalue weighted by Crippen LogP contribution is -2.38. The van der Waals surface area contributed by atoms with Crippen molar-refractivity contribution >= 4 is 35.1 Å². The van der Waals surface area contributed by atoms with Crippen LogP contribution in [0.1, 0.15) is 25.7 Å². The molecule has 2 atom stereocenters. The summed E-state index contributed by atoms with van der Waals surface area (Å²) in [6.07, 6.45) is 3.43. The molecule has 1 aliphatic carbocycles. The molecule has 2 unspecified atom stereocenters. The van der Waals surface area contributed by atoms with Crippen LogP contribution in [0.3, 0.4) is 0 Å². The lowest BCUT2D eigenvalue weighted by molar-refractivity contribution is -0.140. The minimum Gasteiger partial charge on any atom is -0.466 e. The lowest BCUT2D eigenvalue weighted by Gasteiger charge is -2.31. The first-order valence-electron chi connectivity index (χ1n) is 10.2. The number of ether oxygens (including phenoxy) is 3. The average Bonchev–Trinajstić information content (AvgIpc) is 3.07. The van der Waals surface area contributed by atoms with Crippen molar-refractivity contribution in [1.29, 1.82) is 0 Å². The maximum absolute atomic E-state index is 12.8. The first-order chi connectivity index (χ1) is 15.0. The molecule has 2 amide bonds. The molecule has 0 aromatic heterocycles. The fourth-order valence-electron chi connectivity index (χ4n) is 4.55. The second-order valence-corrected chi connectivity index (χ2v) is 7.74. The Kier molecular flexibility index (Phi) is 5.77. The van der Waals surface area contributed by atoms with Gasteiger partial charge >= 0.3 is 11.9 Å². The van der Waals surface area contributed by atoms with Crippen LogP contribution in [0.2, 0.25) is 0 Å². The molecule has 164 valence electrons. The summed E-state index contributed by atoms with van der Waals surface area (Å²) in [5.74, 6) is -2.13. The van der Waals surface area contributed by atoms with E-state index in [2.05, 4.69) is 0 Å². The zero-order chi connectivity index (χ0) is 22.1. The molecule has 0 bridgehead atoms. The number of methoxy groups -OCH3 is 2. The maximum Gasteiger partial charge on any atom is 0.355 e. The lowest BCUT2D eigenvalue weighted by atomic mass is 9.81. The predicted octanol–water partition coefficient (Wildman–Crippen LogP) is 1.76. The Bertz CT molecular complexity index is 929. The van der Waals surface area contributed by atoms with Gasteiger partial charge in [0.25, 0.3) is 0 Å². The first kappa shape index (κ1) is 21.0. The molecular formula is C22H24N2O7. The van der Waals surface area contributed by atoms with E-state index in [9.17, 15) is 19.2 Å². The number of esters is 2. The molecule has 4 rings (SSSR count). The molecule has 1 aromatic rings. The molecule has 9 heteroatoms. The third-order valence-corrected chi connectivity index (χ3v) is 6.09. The summed E-state index contributed by atoms with van der Waals surface area (Å²) in [7, 11) is 2.45. The number of carbonyl (C=O) groups is 4. The Balaban J connectivity index is 1.64. The number of imide groups is 1. The van der Waals surface area contributed by atoms with Gasteiger partial charge in [0.15, 0.2) is 0 Å². The Morgan fingerprint density at radius 2 is 1.45 bits per heavy atom. The van der Waals surface area contributed by atoms with Crippen molar-refractivity contribution in [3.8, 4) is 0 Å². The van der Waals surface area contributed by atoms with Gasteiger partial charge in [-0.15, -0.1) is 0 Å². The van der Waals surface area contributed by atoms with E-state index in [1.165, 1.54) is 24.0 Å². The molecule has 1 saturated heterocycles. The van der Waals surface area contributed by atoms with Gasteiger partial charge in [0.2, 0.25) is 11.8 Å². The van der Waals surface area contributed by atoms with Gasteiger partial charge in [-0.1, -0.05) is 12.8 Å². The van der Waals surface area contributed by atoms with Gasteiger partial charge in [-0.25, -0.2) is 9.59 Å². The third-order valence-electron chi connectivity index (χ3n) is 6.09. The number of hydrogen-bond acceptors (Lipinski definition) is 8. The molecule has 2 fully saturated rings. The second-order valence-electron chi connectivity index (χ2n) is 7.74. The molecule has 0 spiro atoms. The second kappa shape index (κ2) is 8.50. The van der Waals surface area contributed by atoms with Crippen LogP contribution in [0.25, 0.3) is 0 Å². The van der Waals surface area contributed by atoms with Crippen molar-refractivity contribution in [2.75, 3.05) is 37.4 Å². The molecule has 0 radical (unpaired) electrons. The minimum atomic E-state index is -0.693. The predicted molar refractivity (Wildman–Crippen MR) is 109 cm³/mol. The van der Waals surface area contributed by atoms with Crippen molar-refractivity contribution in [2.24, 2.45) is 11.8 Å². The van der Waals surface area contributed by atoms with Gasteiger partial charge in [0.05, 0.1) is 43.9 Å². The SMILES string of the molecule is COC(=O)C1=C(C(=O)OC)N(c2ccc(N3C(=O)C4CCCCC4C3=O)cc2)COC1. The van der Waals surface area contributed by atoms with Crippen molar-refractivity contribution in [1.82, 2.24) is 0 Å². The van der Waals surface area contributed by atoms with Crippen molar-refractivity contribution in [3.05, 3.63) is 35.5 Å². The summed E-state index contributed by atoms with van der Waals surface area (Å²) in [6, 6.07) is 6.66. The van der Waals surface area contributed by atoms with Gasteiger partial charge in [0, 0.05) is 5.69 Å². The molecule has 2 heterocycles. The van der Waals surface area contributed by atoms with E-state index < -0.39 is 11.9 Å². The highest BCUT2D eigenvalue weighted by Crippen LogP contribution is 2.40. The standard InChI is InChI=1S/C22H24N2O7/c1-29-21(27)17-11-31-12-23(18(17)22(28)30-2)13-7-9-14(10-8-13)24-19(25)15-5-3-4-6-16(15)20(24)26/h7-10,15-16H,3-6,11-12H2,1-2H3. The zero-order valence-corrected chi connectivity index (χ0v) is 17.5. The minimum absolute atomic E-state index is 0.0238. The van der Waals surface area contributed by atoms with E-state index in [0.29, 0.717) is 11.4 Å². The fourth-order valence-corrected chi connectivity index (χ4v) is 4.55. The van der Waals surface area contributed by atoms with Crippen LogP contribution in [0, 0.1) is 11.8 Å². The Hall–Kier alpha value is -3.20. The van der Waals surface area contributed by atoms with Gasteiger partial charge in [-0.05, 0) is 37.1 Å². The highest BCUT2D eigenvalue weighted by atomic mass is 16.5. The quantitative estimate of drug-likeness (QED) is 0.528. The van der Waals surface area contributed by atoms with Crippen molar-refractivity contribution in [3.63, 3.8) is 0 Å². The van der Waals surface area contributed by atoms with Gasteiger partial charge in [-0.2, -0.15) is 0 Å². The summed E-state index contributed by atoms with van der Waals surface area (Å²) < 4.78 is 15.1. The topological polar surface area (TPSA) is 102 Å². The van der Waals surface area contributed by atoms with Crippen LogP contribution in [0.15, 0.2) is 35.5 Å². The van der Waals surface area contributed by atoms with E-state index in [1.54, 1.807) is 24.3 Å². The van der Waals surface area contributed by atoms with Crippen LogP contribution in [-0.4, -0.2) is 51.3 Å². The number of benzene rings is 1. The number of anilines is 2. The van der Waals surface area contributed by atoms with Gasteiger partial charge in [0.1, 0.15) is 12.4 Å². The highest BCUT2D eigenvalue weighted by molar-refractivity contribution is 6.22. The largest absolute Gasteiger partial charge is 0.466 e. The van der Waals surface area contributed by atoms with E-state index in [0.717, 1.165) is 25.7 Å². The van der Waals surface area contributed by atoms with Crippen LogP contribution in [0.4, 0.5) is 11.4 Å². The number of fused-ring (bicyclic) bond motifs is 1. The van der Waals surface area contributed by atoms with Gasteiger partial charge < -0.3 is 19.1 Å². The Labute approximate surface area is 179 Å². The number of carbonyl (C=O) groups excluding carboxylic acids is 4. The summed E-state index contributed by atoms with van der Waals surface area (Å²) >= 11 is 0. The molecular weight excluding hydrogens is 404 g/mol. The Morgan fingerprint density at radius 1 is 0.903 bits per heavy atom. The van der Waals surface area contributed by atoms with E-state index in [4.69, 9.17) is 14.2 Å². The zero-order valence-electron chi connectivity index (χ0n) is 17.5. The molecule has 3 aliphatic rings.